The SMILES string of the molecule is O=C(C1CCCCC1)N1c2ncnn2C2(CCCCC2)[C@@H]2CCCC[C@@H]21. The first-order chi connectivity index (χ1) is 12.8. The fourth-order valence-electron chi connectivity index (χ4n) is 6.62. The van der Waals surface area contributed by atoms with Crippen LogP contribution < -0.4 is 4.90 Å². The molecule has 5 heteroatoms. The molecule has 5 nitrogen and oxygen atoms in total. The molecule has 3 saturated carbocycles. The van der Waals surface area contributed by atoms with E-state index in [-0.39, 0.29) is 11.5 Å². The zero-order valence-corrected chi connectivity index (χ0v) is 15.9. The highest BCUT2D eigenvalue weighted by Gasteiger charge is 2.55. The molecular formula is C21H32N4O. The van der Waals surface area contributed by atoms with Gasteiger partial charge in [-0.25, -0.2) is 4.68 Å². The predicted molar refractivity (Wildman–Crippen MR) is 101 cm³/mol. The summed E-state index contributed by atoms with van der Waals surface area (Å²) in [6.45, 7) is 0. The van der Waals surface area contributed by atoms with Gasteiger partial charge in [0.05, 0.1) is 5.54 Å². The highest BCUT2D eigenvalue weighted by molar-refractivity contribution is 5.94. The summed E-state index contributed by atoms with van der Waals surface area (Å²) in [6.07, 6.45) is 18.8. The first-order valence-corrected chi connectivity index (χ1v) is 11.0. The molecule has 1 spiro atoms. The van der Waals surface area contributed by atoms with Crippen molar-refractivity contribution in [2.45, 2.75) is 101 Å². The largest absolute Gasteiger partial charge is 0.277 e. The maximum atomic E-state index is 13.6. The van der Waals surface area contributed by atoms with Crippen LogP contribution in [0.25, 0.3) is 0 Å². The van der Waals surface area contributed by atoms with Crippen LogP contribution in [0.4, 0.5) is 5.95 Å². The monoisotopic (exact) mass is 356 g/mol. The lowest BCUT2D eigenvalue weighted by atomic mass is 9.64. The quantitative estimate of drug-likeness (QED) is 0.748. The van der Waals surface area contributed by atoms with E-state index >= 15 is 0 Å². The molecule has 2 heterocycles. The molecule has 0 unspecified atom stereocenters. The average molecular weight is 357 g/mol. The fraction of sp³-hybridized carbons (Fsp3) is 0.857. The van der Waals surface area contributed by atoms with Crippen molar-refractivity contribution in [1.82, 2.24) is 14.8 Å². The second-order valence-corrected chi connectivity index (χ2v) is 9.14. The molecule has 142 valence electrons. The third-order valence-electron chi connectivity index (χ3n) is 7.83. The lowest BCUT2D eigenvalue weighted by Crippen LogP contribution is -2.62. The molecule has 0 aromatic carbocycles. The molecule has 3 aliphatic carbocycles. The number of anilines is 1. The van der Waals surface area contributed by atoms with E-state index < -0.39 is 0 Å². The molecule has 0 radical (unpaired) electrons. The summed E-state index contributed by atoms with van der Waals surface area (Å²) in [5.74, 6) is 1.99. The minimum Gasteiger partial charge on any atom is -0.277 e. The minimum atomic E-state index is 0.124. The molecule has 1 aliphatic heterocycles. The molecule has 5 rings (SSSR count). The number of carbonyl (C=O) groups is 1. The zero-order valence-electron chi connectivity index (χ0n) is 15.9. The Hall–Kier alpha value is -1.39. The van der Waals surface area contributed by atoms with Crippen LogP contribution in [0.3, 0.4) is 0 Å². The van der Waals surface area contributed by atoms with Gasteiger partial charge in [-0.05, 0) is 38.5 Å². The van der Waals surface area contributed by atoms with Crippen molar-refractivity contribution < 1.29 is 4.79 Å². The van der Waals surface area contributed by atoms with E-state index in [0.717, 1.165) is 25.2 Å². The summed E-state index contributed by atoms with van der Waals surface area (Å²) in [7, 11) is 0. The van der Waals surface area contributed by atoms with Gasteiger partial charge < -0.3 is 0 Å². The number of aromatic nitrogens is 3. The summed E-state index contributed by atoms with van der Waals surface area (Å²) >= 11 is 0. The number of fused-ring (bicyclic) bond motifs is 4. The second kappa shape index (κ2) is 6.65. The van der Waals surface area contributed by atoms with Gasteiger partial charge in [-0.15, -0.1) is 0 Å². The lowest BCUT2D eigenvalue weighted by molar-refractivity contribution is -0.125. The molecule has 4 aliphatic rings. The summed E-state index contributed by atoms with van der Waals surface area (Å²) < 4.78 is 2.21. The van der Waals surface area contributed by atoms with Crippen LogP contribution in [0.2, 0.25) is 0 Å². The summed E-state index contributed by atoms with van der Waals surface area (Å²) in [4.78, 5) is 20.4. The fourth-order valence-corrected chi connectivity index (χ4v) is 6.62. The van der Waals surface area contributed by atoms with Crippen LogP contribution >= 0.6 is 0 Å². The Balaban J connectivity index is 1.56. The van der Waals surface area contributed by atoms with E-state index in [1.54, 1.807) is 6.33 Å². The zero-order chi connectivity index (χ0) is 17.6. The van der Waals surface area contributed by atoms with E-state index in [9.17, 15) is 4.79 Å². The molecule has 1 aromatic heterocycles. The van der Waals surface area contributed by atoms with Crippen LogP contribution in [0.15, 0.2) is 6.33 Å². The Labute approximate surface area is 156 Å². The van der Waals surface area contributed by atoms with Crippen molar-refractivity contribution in [3.63, 3.8) is 0 Å². The molecule has 0 bridgehead atoms. The van der Waals surface area contributed by atoms with Gasteiger partial charge in [0.25, 0.3) is 0 Å². The normalized spacial score (nSPS) is 31.5. The van der Waals surface area contributed by atoms with Gasteiger partial charge in [0.15, 0.2) is 0 Å². The topological polar surface area (TPSA) is 51.0 Å². The first-order valence-electron chi connectivity index (χ1n) is 11.0. The Morgan fingerprint density at radius 1 is 0.923 bits per heavy atom. The smallest absolute Gasteiger partial charge is 0.232 e. The summed E-state index contributed by atoms with van der Waals surface area (Å²) in [5, 5.41) is 4.71. The maximum absolute atomic E-state index is 13.6. The van der Waals surface area contributed by atoms with Crippen molar-refractivity contribution in [2.24, 2.45) is 11.8 Å². The molecule has 0 N–H and O–H groups in total. The molecule has 0 saturated heterocycles. The third-order valence-corrected chi connectivity index (χ3v) is 7.83. The van der Waals surface area contributed by atoms with Crippen LogP contribution in [0.1, 0.15) is 89.9 Å². The Kier molecular flexibility index (Phi) is 4.29. The molecule has 2 atom stereocenters. The van der Waals surface area contributed by atoms with Crippen molar-refractivity contribution >= 4 is 11.9 Å². The second-order valence-electron chi connectivity index (χ2n) is 9.14. The van der Waals surface area contributed by atoms with Gasteiger partial charge >= 0.3 is 0 Å². The number of amides is 1. The Morgan fingerprint density at radius 3 is 2.42 bits per heavy atom. The number of hydrogen-bond donors (Lipinski definition) is 0. The van der Waals surface area contributed by atoms with E-state index in [1.165, 1.54) is 70.6 Å². The number of carbonyl (C=O) groups excluding carboxylic acids is 1. The highest BCUT2D eigenvalue weighted by atomic mass is 16.2. The van der Waals surface area contributed by atoms with E-state index in [0.29, 0.717) is 17.9 Å². The first kappa shape index (κ1) is 16.8. The van der Waals surface area contributed by atoms with Gasteiger partial charge in [0, 0.05) is 17.9 Å². The van der Waals surface area contributed by atoms with E-state index in [1.807, 2.05) is 0 Å². The molecule has 3 fully saturated rings. The minimum absolute atomic E-state index is 0.124. The number of hydrogen-bond acceptors (Lipinski definition) is 3. The number of rotatable bonds is 1. The van der Waals surface area contributed by atoms with Gasteiger partial charge in [0.2, 0.25) is 11.9 Å². The maximum Gasteiger partial charge on any atom is 0.232 e. The molecule has 26 heavy (non-hydrogen) atoms. The Bertz CT molecular complexity index is 657. The molecule has 1 amide bonds. The van der Waals surface area contributed by atoms with Crippen LogP contribution in [0, 0.1) is 11.8 Å². The van der Waals surface area contributed by atoms with E-state index in [4.69, 9.17) is 5.10 Å². The van der Waals surface area contributed by atoms with Gasteiger partial charge in [-0.2, -0.15) is 10.1 Å². The van der Waals surface area contributed by atoms with Gasteiger partial charge in [-0.3, -0.25) is 9.69 Å². The number of nitrogens with zero attached hydrogens (tertiary/aromatic N) is 4. The van der Waals surface area contributed by atoms with Crippen LogP contribution in [0.5, 0.6) is 0 Å². The van der Waals surface area contributed by atoms with E-state index in [2.05, 4.69) is 14.6 Å². The van der Waals surface area contributed by atoms with Gasteiger partial charge in [0.1, 0.15) is 6.33 Å². The van der Waals surface area contributed by atoms with Crippen molar-refractivity contribution in [1.29, 1.82) is 0 Å². The average Bonchev–Trinajstić information content (AvgIpc) is 3.20. The molecular weight excluding hydrogens is 324 g/mol. The highest BCUT2D eigenvalue weighted by Crippen LogP contribution is 2.52. The van der Waals surface area contributed by atoms with Crippen molar-refractivity contribution in [3.05, 3.63) is 6.33 Å². The van der Waals surface area contributed by atoms with Crippen LogP contribution in [-0.4, -0.2) is 26.7 Å². The lowest BCUT2D eigenvalue weighted by Gasteiger charge is -2.55. The van der Waals surface area contributed by atoms with Crippen LogP contribution in [-0.2, 0) is 10.3 Å². The van der Waals surface area contributed by atoms with Gasteiger partial charge in [-0.1, -0.05) is 51.4 Å². The van der Waals surface area contributed by atoms with Crippen molar-refractivity contribution in [2.75, 3.05) is 4.90 Å². The summed E-state index contributed by atoms with van der Waals surface area (Å²) in [5.41, 5.74) is 0.124. The standard InChI is InChI=1S/C21H32N4O/c26-19(16-9-3-1-4-10-16)24-18-12-6-5-11-17(18)21(13-7-2-8-14-21)25-20(24)22-15-23-25/h15-18H,1-14H2/t17-,18+/m1/s1. The third kappa shape index (κ3) is 2.45. The Morgan fingerprint density at radius 2 is 1.62 bits per heavy atom. The summed E-state index contributed by atoms with van der Waals surface area (Å²) in [6, 6.07) is 0.355. The predicted octanol–water partition coefficient (Wildman–Crippen LogP) is 4.42. The van der Waals surface area contributed by atoms with Crippen molar-refractivity contribution in [3.8, 4) is 0 Å². The molecule has 1 aromatic rings.